The molecule has 0 aliphatic heterocycles. The largest absolute Gasteiger partial charge is 0.315 e. The summed E-state index contributed by atoms with van der Waals surface area (Å²) in [6.45, 7) is 5.12. The maximum atomic E-state index is 11.7. The summed E-state index contributed by atoms with van der Waals surface area (Å²) in [5, 5.41) is 4.01. The Balaban J connectivity index is 2.23. The van der Waals surface area contributed by atoms with E-state index in [1.807, 2.05) is 24.3 Å². The van der Waals surface area contributed by atoms with Gasteiger partial charge >= 0.3 is 0 Å². The van der Waals surface area contributed by atoms with Crippen LogP contribution in [-0.4, -0.2) is 18.4 Å². The molecule has 1 aromatic rings. The molecule has 1 aromatic carbocycles. The lowest BCUT2D eigenvalue weighted by atomic mass is 10.1. The molecule has 0 radical (unpaired) electrons. The molecule has 0 atom stereocenters. The highest BCUT2D eigenvalue weighted by Gasteiger charge is 2.03. The summed E-state index contributed by atoms with van der Waals surface area (Å²) in [5.41, 5.74) is 1.04. The van der Waals surface area contributed by atoms with E-state index in [1.165, 1.54) is 0 Å². The van der Waals surface area contributed by atoms with Gasteiger partial charge in [0.15, 0.2) is 0 Å². The zero-order chi connectivity index (χ0) is 12.7. The van der Waals surface area contributed by atoms with Gasteiger partial charge in [0, 0.05) is 23.9 Å². The molecule has 0 aliphatic rings. The van der Waals surface area contributed by atoms with Crippen LogP contribution in [0.5, 0.6) is 0 Å². The van der Waals surface area contributed by atoms with Gasteiger partial charge < -0.3 is 5.32 Å². The van der Waals surface area contributed by atoms with Gasteiger partial charge in [0.2, 0.25) is 0 Å². The van der Waals surface area contributed by atoms with Crippen LogP contribution >= 0.6 is 11.6 Å². The molecule has 0 aromatic heterocycles. The number of halogens is 1. The van der Waals surface area contributed by atoms with E-state index in [9.17, 15) is 4.79 Å². The fourth-order valence-electron chi connectivity index (χ4n) is 1.59. The van der Waals surface area contributed by atoms with Crippen LogP contribution < -0.4 is 5.32 Å². The smallest absolute Gasteiger partial charge is 0.137 e. The van der Waals surface area contributed by atoms with Crippen molar-refractivity contribution in [1.82, 2.24) is 5.32 Å². The highest BCUT2D eigenvalue weighted by atomic mass is 35.5. The summed E-state index contributed by atoms with van der Waals surface area (Å²) in [5.74, 6) is 0.290. The Morgan fingerprint density at radius 2 is 1.94 bits per heavy atom. The quantitative estimate of drug-likeness (QED) is 0.756. The van der Waals surface area contributed by atoms with Gasteiger partial charge in [0.25, 0.3) is 0 Å². The number of Topliss-reactive ketones (excluding diaryl/α,β-unsaturated/α-hetero) is 1. The third-order valence-electron chi connectivity index (χ3n) is 2.50. The predicted molar refractivity (Wildman–Crippen MR) is 72.5 cm³/mol. The Bertz CT molecular complexity index is 346. The van der Waals surface area contributed by atoms with Crippen molar-refractivity contribution >= 4 is 17.4 Å². The van der Waals surface area contributed by atoms with Crippen LogP contribution in [0.2, 0.25) is 5.02 Å². The lowest BCUT2D eigenvalue weighted by Gasteiger charge is -2.07. The molecule has 0 unspecified atom stereocenters. The molecule has 0 bridgehead atoms. The van der Waals surface area contributed by atoms with E-state index in [2.05, 4.69) is 19.2 Å². The van der Waals surface area contributed by atoms with Crippen LogP contribution in [-0.2, 0) is 11.2 Å². The minimum Gasteiger partial charge on any atom is -0.315 e. The second-order valence-electron chi connectivity index (χ2n) is 4.55. The first-order valence-corrected chi connectivity index (χ1v) is 6.45. The average Bonchev–Trinajstić information content (AvgIpc) is 2.27. The van der Waals surface area contributed by atoms with Crippen LogP contribution in [0.25, 0.3) is 0 Å². The van der Waals surface area contributed by atoms with Crippen LogP contribution in [0.15, 0.2) is 24.3 Å². The number of hydrogen-bond acceptors (Lipinski definition) is 2. The van der Waals surface area contributed by atoms with E-state index in [0.29, 0.717) is 23.9 Å². The first-order valence-electron chi connectivity index (χ1n) is 6.07. The number of benzene rings is 1. The van der Waals surface area contributed by atoms with Crippen LogP contribution in [0, 0.1) is 0 Å². The molecule has 2 nitrogen and oxygen atoms in total. The monoisotopic (exact) mass is 253 g/mol. The fourth-order valence-corrected chi connectivity index (χ4v) is 1.72. The Morgan fingerprint density at radius 3 is 2.53 bits per heavy atom. The zero-order valence-corrected chi connectivity index (χ0v) is 11.3. The molecule has 94 valence electrons. The third-order valence-corrected chi connectivity index (χ3v) is 2.75. The molecule has 0 saturated heterocycles. The zero-order valence-electron chi connectivity index (χ0n) is 10.5. The van der Waals surface area contributed by atoms with E-state index in [1.54, 1.807) is 0 Å². The molecule has 3 heteroatoms. The molecule has 1 N–H and O–H groups in total. The highest BCUT2D eigenvalue weighted by Crippen LogP contribution is 2.10. The molecule has 0 aliphatic carbocycles. The van der Waals surface area contributed by atoms with Gasteiger partial charge in [-0.3, -0.25) is 4.79 Å². The van der Waals surface area contributed by atoms with Gasteiger partial charge in [0.05, 0.1) is 0 Å². The number of carbonyl (C=O) groups excluding carboxylic acids is 1. The molecule has 0 saturated carbocycles. The van der Waals surface area contributed by atoms with Gasteiger partial charge in [0.1, 0.15) is 5.78 Å². The summed E-state index contributed by atoms with van der Waals surface area (Å²) in [4.78, 5) is 11.7. The number of nitrogens with one attached hydrogen (secondary N) is 1. The Labute approximate surface area is 108 Å². The van der Waals surface area contributed by atoms with E-state index in [-0.39, 0.29) is 5.78 Å². The molecule has 0 fully saturated rings. The van der Waals surface area contributed by atoms with Crippen molar-refractivity contribution in [2.45, 2.75) is 39.2 Å². The van der Waals surface area contributed by atoms with E-state index in [4.69, 9.17) is 11.6 Å². The summed E-state index contributed by atoms with van der Waals surface area (Å²) < 4.78 is 0. The fraction of sp³-hybridized carbons (Fsp3) is 0.500. The molecule has 17 heavy (non-hydrogen) atoms. The Kier molecular flexibility index (Phi) is 6.23. The van der Waals surface area contributed by atoms with Gasteiger partial charge in [-0.2, -0.15) is 0 Å². The Morgan fingerprint density at radius 1 is 1.29 bits per heavy atom. The van der Waals surface area contributed by atoms with Crippen molar-refractivity contribution in [3.05, 3.63) is 34.9 Å². The van der Waals surface area contributed by atoms with E-state index in [0.717, 1.165) is 18.5 Å². The highest BCUT2D eigenvalue weighted by molar-refractivity contribution is 6.30. The van der Waals surface area contributed by atoms with Crippen LogP contribution in [0.3, 0.4) is 0 Å². The third kappa shape index (κ3) is 6.44. The van der Waals surface area contributed by atoms with Crippen molar-refractivity contribution in [3.63, 3.8) is 0 Å². The molecule has 0 spiro atoms. The molecule has 1 rings (SSSR count). The first-order chi connectivity index (χ1) is 8.08. The Hall–Kier alpha value is -0.860. The van der Waals surface area contributed by atoms with Crippen molar-refractivity contribution < 1.29 is 4.79 Å². The molecular formula is C14H20ClNO. The lowest BCUT2D eigenvalue weighted by Crippen LogP contribution is -2.24. The molecular weight excluding hydrogens is 234 g/mol. The number of hydrogen-bond donors (Lipinski definition) is 1. The van der Waals surface area contributed by atoms with Gasteiger partial charge in [-0.05, 0) is 30.7 Å². The van der Waals surface area contributed by atoms with Crippen molar-refractivity contribution in [2.75, 3.05) is 6.54 Å². The second-order valence-corrected chi connectivity index (χ2v) is 4.99. The predicted octanol–water partition coefficient (Wildman–Crippen LogP) is 3.23. The SMILES string of the molecule is CC(C)NCCCC(=O)Cc1ccc(Cl)cc1. The van der Waals surface area contributed by atoms with E-state index < -0.39 is 0 Å². The summed E-state index contributed by atoms with van der Waals surface area (Å²) in [7, 11) is 0. The maximum absolute atomic E-state index is 11.7. The van der Waals surface area contributed by atoms with E-state index >= 15 is 0 Å². The van der Waals surface area contributed by atoms with Gasteiger partial charge in [-0.25, -0.2) is 0 Å². The number of ketones is 1. The topological polar surface area (TPSA) is 29.1 Å². The summed E-state index contributed by atoms with van der Waals surface area (Å²) in [6, 6.07) is 7.95. The standard InChI is InChI=1S/C14H20ClNO/c1-11(2)16-9-3-4-14(17)10-12-5-7-13(15)8-6-12/h5-8,11,16H,3-4,9-10H2,1-2H3. The molecule has 0 amide bonds. The van der Waals surface area contributed by atoms with Crippen LogP contribution in [0.4, 0.5) is 0 Å². The lowest BCUT2D eigenvalue weighted by molar-refractivity contribution is -0.118. The summed E-state index contributed by atoms with van der Waals surface area (Å²) in [6.07, 6.45) is 2.06. The number of carbonyl (C=O) groups is 1. The van der Waals surface area contributed by atoms with Gasteiger partial charge in [-0.1, -0.05) is 37.6 Å². The number of rotatable bonds is 7. The second kappa shape index (κ2) is 7.46. The summed E-state index contributed by atoms with van der Waals surface area (Å²) >= 11 is 5.79. The molecule has 0 heterocycles. The van der Waals surface area contributed by atoms with Gasteiger partial charge in [-0.15, -0.1) is 0 Å². The normalized spacial score (nSPS) is 10.8. The maximum Gasteiger partial charge on any atom is 0.137 e. The van der Waals surface area contributed by atoms with Crippen LogP contribution in [0.1, 0.15) is 32.3 Å². The average molecular weight is 254 g/mol. The van der Waals surface area contributed by atoms with Crippen molar-refractivity contribution in [3.8, 4) is 0 Å². The minimum absolute atomic E-state index is 0.290. The minimum atomic E-state index is 0.290. The van der Waals surface area contributed by atoms with Crippen molar-refractivity contribution in [2.24, 2.45) is 0 Å². The first kappa shape index (κ1) is 14.2. The van der Waals surface area contributed by atoms with Crippen molar-refractivity contribution in [1.29, 1.82) is 0 Å².